The largest absolute Gasteiger partial charge is 0.416 e. The highest BCUT2D eigenvalue weighted by molar-refractivity contribution is 5.99. The van der Waals surface area contributed by atoms with Gasteiger partial charge in [0.15, 0.2) is 5.82 Å². The summed E-state index contributed by atoms with van der Waals surface area (Å²) >= 11 is 0. The molecule has 0 bridgehead atoms. The Morgan fingerprint density at radius 2 is 1.85 bits per heavy atom. The normalized spacial score (nSPS) is 25.9. The van der Waals surface area contributed by atoms with Gasteiger partial charge in [0.25, 0.3) is 5.91 Å². The van der Waals surface area contributed by atoms with E-state index in [1.165, 1.54) is 12.1 Å². The Morgan fingerprint density at radius 1 is 1.15 bits per heavy atom. The predicted molar refractivity (Wildman–Crippen MR) is 114 cm³/mol. The number of halogens is 4. The summed E-state index contributed by atoms with van der Waals surface area (Å²) in [5.41, 5.74) is 6.42. The number of nitrogens with zero attached hydrogens (tertiary/aromatic N) is 4. The van der Waals surface area contributed by atoms with Crippen molar-refractivity contribution in [3.8, 4) is 0 Å². The summed E-state index contributed by atoms with van der Waals surface area (Å²) in [7, 11) is 0. The van der Waals surface area contributed by atoms with Crippen molar-refractivity contribution in [1.29, 1.82) is 0 Å². The number of likely N-dealkylation sites (tertiary alicyclic amines) is 1. The van der Waals surface area contributed by atoms with Gasteiger partial charge >= 0.3 is 6.18 Å². The second kappa shape index (κ2) is 8.12. The molecule has 3 aliphatic rings. The number of anilines is 2. The van der Waals surface area contributed by atoms with Crippen LogP contribution in [-0.4, -0.2) is 58.1 Å². The first kappa shape index (κ1) is 21.9. The van der Waals surface area contributed by atoms with Gasteiger partial charge in [0, 0.05) is 42.6 Å². The van der Waals surface area contributed by atoms with E-state index in [2.05, 4.69) is 20.3 Å². The van der Waals surface area contributed by atoms with Crippen LogP contribution in [0.15, 0.2) is 35.5 Å². The Morgan fingerprint density at radius 3 is 2.42 bits per heavy atom. The maximum absolute atomic E-state index is 13.3. The fraction of sp³-hybridized carbons (Fsp3) is 0.500. The molecule has 3 heterocycles. The number of nitrogens with two attached hydrogens (primary N) is 1. The van der Waals surface area contributed by atoms with Crippen molar-refractivity contribution < 1.29 is 22.4 Å². The second-order valence-corrected chi connectivity index (χ2v) is 8.94. The van der Waals surface area contributed by atoms with E-state index in [0.29, 0.717) is 31.4 Å². The van der Waals surface area contributed by atoms with Crippen LogP contribution in [0.5, 0.6) is 0 Å². The highest BCUT2D eigenvalue weighted by atomic mass is 19.4. The Labute approximate surface area is 187 Å². The van der Waals surface area contributed by atoms with Crippen molar-refractivity contribution in [2.24, 2.45) is 16.6 Å². The molecule has 0 spiro atoms. The quantitative estimate of drug-likeness (QED) is 0.640. The number of primary amides is 1. The molecule has 176 valence electrons. The number of alkyl halides is 4. The van der Waals surface area contributed by atoms with Crippen LogP contribution in [-0.2, 0) is 6.18 Å². The molecule has 5 rings (SSSR count). The second-order valence-electron chi connectivity index (χ2n) is 8.94. The molecule has 1 aromatic carbocycles. The monoisotopic (exact) mass is 464 g/mol. The number of aliphatic imine (C=N–C) groups is 1. The van der Waals surface area contributed by atoms with Gasteiger partial charge in [-0.2, -0.15) is 18.3 Å². The highest BCUT2D eigenvalue weighted by Gasteiger charge is 2.42. The number of nitrogens with one attached hydrogen (secondary N) is 1. The van der Waals surface area contributed by atoms with Crippen molar-refractivity contribution in [3.63, 3.8) is 0 Å². The zero-order chi connectivity index (χ0) is 23.3. The lowest BCUT2D eigenvalue weighted by Crippen LogP contribution is -2.55. The fourth-order valence-corrected chi connectivity index (χ4v) is 4.89. The third-order valence-electron chi connectivity index (χ3n) is 6.75. The summed E-state index contributed by atoms with van der Waals surface area (Å²) in [6, 6.07) is 4.77. The third kappa shape index (κ3) is 4.46. The molecule has 33 heavy (non-hydrogen) atoms. The van der Waals surface area contributed by atoms with E-state index < -0.39 is 23.8 Å². The molecule has 3 N–H and O–H groups in total. The summed E-state index contributed by atoms with van der Waals surface area (Å²) in [6.45, 7) is 1.66. The molecule has 1 aromatic heterocycles. The summed E-state index contributed by atoms with van der Waals surface area (Å²) in [5, 5.41) is 7.47. The van der Waals surface area contributed by atoms with Crippen LogP contribution < -0.4 is 11.1 Å². The summed E-state index contributed by atoms with van der Waals surface area (Å²) in [4.78, 5) is 18.6. The Balaban J connectivity index is 1.36. The summed E-state index contributed by atoms with van der Waals surface area (Å²) < 4.78 is 53.5. The maximum Gasteiger partial charge on any atom is 0.416 e. The van der Waals surface area contributed by atoms with E-state index in [9.17, 15) is 22.4 Å². The van der Waals surface area contributed by atoms with Crippen LogP contribution in [0.2, 0.25) is 0 Å². The minimum atomic E-state index is -4.43. The molecule has 3 atom stereocenters. The number of hydrogen-bond acceptors (Lipinski definition) is 5. The van der Waals surface area contributed by atoms with E-state index in [4.69, 9.17) is 5.73 Å². The number of carbonyl (C=O) groups is 1. The Hall–Kier alpha value is -2.95. The van der Waals surface area contributed by atoms with Gasteiger partial charge < -0.3 is 11.1 Å². The lowest BCUT2D eigenvalue weighted by Gasteiger charge is -2.45. The molecule has 1 saturated heterocycles. The fourth-order valence-electron chi connectivity index (χ4n) is 4.89. The lowest BCUT2D eigenvalue weighted by molar-refractivity contribution is -0.137. The van der Waals surface area contributed by atoms with Crippen molar-refractivity contribution in [2.75, 3.05) is 25.0 Å². The average Bonchev–Trinajstić information content (AvgIpc) is 3.51. The molecular weight excluding hydrogens is 440 g/mol. The van der Waals surface area contributed by atoms with Gasteiger partial charge in [0.05, 0.1) is 18.2 Å². The van der Waals surface area contributed by atoms with E-state index in [1.807, 2.05) is 0 Å². The third-order valence-corrected chi connectivity index (χ3v) is 6.75. The number of amides is 1. The van der Waals surface area contributed by atoms with Gasteiger partial charge in [-0.05, 0) is 43.5 Å². The van der Waals surface area contributed by atoms with E-state index in [0.717, 1.165) is 37.1 Å². The standard InChI is InChI=1S/C22H24F4N6O/c23-13-9-31(10-13)15-5-6-19(16(7-15)18-8-28-18)32-11-17(20(27)33)21(30-32)29-14-3-1-12(2-4-14)22(24,25)26/h1-4,11,13,15-16,19H,5-10H2,(H2,27,33)(H,29,30)/t15-,16+,19-/m0/s1. The number of rotatable bonds is 6. The van der Waals surface area contributed by atoms with Crippen LogP contribution in [0.1, 0.15) is 41.2 Å². The maximum atomic E-state index is 13.3. The van der Waals surface area contributed by atoms with Gasteiger partial charge in [-0.15, -0.1) is 0 Å². The van der Waals surface area contributed by atoms with Gasteiger partial charge in [0.2, 0.25) is 0 Å². The van der Waals surface area contributed by atoms with Crippen LogP contribution >= 0.6 is 0 Å². The number of carbonyl (C=O) groups excluding carboxylic acids is 1. The van der Waals surface area contributed by atoms with Crippen molar-refractivity contribution >= 4 is 23.1 Å². The first-order valence-corrected chi connectivity index (χ1v) is 10.9. The SMILES string of the molecule is NC(=O)c1cn([C@H]2CC[C@H](N3CC(F)C3)C[C@@H]2C2=NC2)nc1Nc1ccc(C(F)(F)F)cc1. The molecule has 2 aromatic rings. The first-order valence-electron chi connectivity index (χ1n) is 10.9. The van der Waals surface area contributed by atoms with Crippen LogP contribution in [0, 0.1) is 5.92 Å². The summed E-state index contributed by atoms with van der Waals surface area (Å²) in [5.74, 6) is -0.343. The van der Waals surface area contributed by atoms with E-state index >= 15 is 0 Å². The predicted octanol–water partition coefficient (Wildman–Crippen LogP) is 3.56. The Kier molecular flexibility index (Phi) is 5.38. The molecule has 2 fully saturated rings. The molecule has 11 heteroatoms. The van der Waals surface area contributed by atoms with Crippen molar-refractivity contribution in [1.82, 2.24) is 14.7 Å². The molecule has 7 nitrogen and oxygen atoms in total. The van der Waals surface area contributed by atoms with Crippen LogP contribution in [0.3, 0.4) is 0 Å². The lowest BCUT2D eigenvalue weighted by atomic mass is 9.78. The molecule has 1 amide bonds. The smallest absolute Gasteiger partial charge is 0.365 e. The van der Waals surface area contributed by atoms with Gasteiger partial charge in [-0.25, -0.2) is 4.39 Å². The molecule has 0 radical (unpaired) electrons. The zero-order valence-electron chi connectivity index (χ0n) is 17.7. The summed E-state index contributed by atoms with van der Waals surface area (Å²) in [6.07, 6.45) is -1.06. The number of benzene rings is 1. The molecule has 0 unspecified atom stereocenters. The first-order chi connectivity index (χ1) is 15.7. The van der Waals surface area contributed by atoms with Crippen molar-refractivity contribution in [2.45, 2.75) is 43.7 Å². The van der Waals surface area contributed by atoms with Gasteiger partial charge in [0.1, 0.15) is 11.7 Å². The Bertz CT molecular complexity index is 1070. The van der Waals surface area contributed by atoms with Crippen LogP contribution in [0.4, 0.5) is 29.1 Å². The van der Waals surface area contributed by atoms with Crippen LogP contribution in [0.25, 0.3) is 0 Å². The molecule has 1 aliphatic carbocycles. The molecular formula is C22H24F4N6O. The van der Waals surface area contributed by atoms with Crippen molar-refractivity contribution in [3.05, 3.63) is 41.6 Å². The van der Waals surface area contributed by atoms with Gasteiger partial charge in [-0.3, -0.25) is 19.4 Å². The minimum absolute atomic E-state index is 0.0220. The highest BCUT2D eigenvalue weighted by Crippen LogP contribution is 2.41. The molecule has 1 saturated carbocycles. The van der Waals surface area contributed by atoms with E-state index in [-0.39, 0.29) is 23.3 Å². The minimum Gasteiger partial charge on any atom is -0.365 e. The number of hydrogen-bond donors (Lipinski definition) is 2. The average molecular weight is 464 g/mol. The topological polar surface area (TPSA) is 88.5 Å². The number of aromatic nitrogens is 2. The molecule has 2 aliphatic heterocycles. The van der Waals surface area contributed by atoms with E-state index in [1.54, 1.807) is 10.9 Å². The zero-order valence-corrected chi connectivity index (χ0v) is 17.7. The van der Waals surface area contributed by atoms with Gasteiger partial charge in [-0.1, -0.05) is 0 Å².